The second-order valence-electron chi connectivity index (χ2n) is 5.03. The van der Waals surface area contributed by atoms with Crippen molar-refractivity contribution in [2.45, 2.75) is 45.1 Å². The van der Waals surface area contributed by atoms with Gasteiger partial charge >= 0.3 is 0 Å². The highest BCUT2D eigenvalue weighted by Gasteiger charge is 2.29. The average molecular weight is 181 g/mol. The summed E-state index contributed by atoms with van der Waals surface area (Å²) in [5.41, 5.74) is 5.85. The van der Waals surface area contributed by atoms with E-state index in [2.05, 4.69) is 13.8 Å². The molecule has 2 N–H and O–H groups in total. The minimum absolute atomic E-state index is 0.0156. The molecular formula is C11H19NO. The standard InChI is InChI=1S/C11H19NO/c1-10(2,8-11(3,4)12)9-6-5-7-13-9/h5-7H,8,12H2,1-4H3. The predicted octanol–water partition coefficient (Wildman–Crippen LogP) is 2.68. The van der Waals surface area contributed by atoms with Crippen molar-refractivity contribution in [2.24, 2.45) is 5.73 Å². The SMILES string of the molecule is CC(C)(N)CC(C)(C)c1ccco1. The van der Waals surface area contributed by atoms with Crippen molar-refractivity contribution in [3.8, 4) is 0 Å². The smallest absolute Gasteiger partial charge is 0.109 e. The van der Waals surface area contributed by atoms with Crippen LogP contribution in [0.25, 0.3) is 0 Å². The van der Waals surface area contributed by atoms with Gasteiger partial charge in [0, 0.05) is 11.0 Å². The molecule has 0 spiro atoms. The molecule has 0 saturated heterocycles. The predicted molar refractivity (Wildman–Crippen MR) is 54.6 cm³/mol. The van der Waals surface area contributed by atoms with Crippen molar-refractivity contribution in [1.29, 1.82) is 0 Å². The zero-order chi connectivity index (χ0) is 10.1. The van der Waals surface area contributed by atoms with Crippen LogP contribution in [0.2, 0.25) is 0 Å². The zero-order valence-electron chi connectivity index (χ0n) is 8.92. The van der Waals surface area contributed by atoms with Crippen LogP contribution in [0.1, 0.15) is 39.9 Å². The molecule has 74 valence electrons. The maximum Gasteiger partial charge on any atom is 0.109 e. The van der Waals surface area contributed by atoms with Crippen LogP contribution >= 0.6 is 0 Å². The third-order valence-corrected chi connectivity index (χ3v) is 2.09. The van der Waals surface area contributed by atoms with Crippen molar-refractivity contribution in [2.75, 3.05) is 0 Å². The highest BCUT2D eigenvalue weighted by molar-refractivity contribution is 5.12. The Morgan fingerprint density at radius 2 is 1.92 bits per heavy atom. The summed E-state index contributed by atoms with van der Waals surface area (Å²) in [6.07, 6.45) is 2.62. The number of hydrogen-bond donors (Lipinski definition) is 1. The van der Waals surface area contributed by atoms with Crippen LogP contribution in [-0.2, 0) is 5.41 Å². The van der Waals surface area contributed by atoms with Crippen molar-refractivity contribution >= 4 is 0 Å². The van der Waals surface area contributed by atoms with Crippen LogP contribution in [0.5, 0.6) is 0 Å². The Morgan fingerprint density at radius 1 is 1.31 bits per heavy atom. The summed E-state index contributed by atoms with van der Waals surface area (Å²) < 4.78 is 5.39. The Kier molecular flexibility index (Phi) is 2.53. The molecule has 0 bridgehead atoms. The highest BCUT2D eigenvalue weighted by Crippen LogP contribution is 2.31. The van der Waals surface area contributed by atoms with Crippen molar-refractivity contribution < 1.29 is 4.42 Å². The van der Waals surface area contributed by atoms with E-state index in [1.165, 1.54) is 0 Å². The lowest BCUT2D eigenvalue weighted by atomic mass is 9.79. The first-order chi connectivity index (χ1) is 5.81. The first-order valence-corrected chi connectivity index (χ1v) is 4.64. The fourth-order valence-corrected chi connectivity index (χ4v) is 1.89. The van der Waals surface area contributed by atoms with Crippen molar-refractivity contribution in [3.05, 3.63) is 24.2 Å². The Bertz CT molecular complexity index is 254. The Labute approximate surface area is 80.1 Å². The largest absolute Gasteiger partial charge is 0.469 e. The van der Waals surface area contributed by atoms with E-state index in [0.717, 1.165) is 12.2 Å². The fraction of sp³-hybridized carbons (Fsp3) is 0.636. The van der Waals surface area contributed by atoms with E-state index in [9.17, 15) is 0 Å². The van der Waals surface area contributed by atoms with Gasteiger partial charge in [0.2, 0.25) is 0 Å². The van der Waals surface area contributed by atoms with Gasteiger partial charge in [0.05, 0.1) is 6.26 Å². The quantitative estimate of drug-likeness (QED) is 0.778. The summed E-state index contributed by atoms with van der Waals surface area (Å²) in [5.74, 6) is 1.01. The van der Waals surface area contributed by atoms with Gasteiger partial charge in [0.25, 0.3) is 0 Å². The second-order valence-corrected chi connectivity index (χ2v) is 5.03. The Hall–Kier alpha value is -0.760. The molecule has 1 aromatic rings. The Morgan fingerprint density at radius 3 is 2.31 bits per heavy atom. The summed E-state index contributed by atoms with van der Waals surface area (Å²) in [5, 5.41) is 0. The van der Waals surface area contributed by atoms with Gasteiger partial charge in [-0.05, 0) is 32.4 Å². The van der Waals surface area contributed by atoms with Crippen LogP contribution < -0.4 is 5.73 Å². The minimum Gasteiger partial charge on any atom is -0.469 e. The van der Waals surface area contributed by atoms with E-state index >= 15 is 0 Å². The molecule has 0 aliphatic heterocycles. The molecule has 0 amide bonds. The van der Waals surface area contributed by atoms with Gasteiger partial charge in [-0.25, -0.2) is 0 Å². The molecule has 0 radical (unpaired) electrons. The summed E-state index contributed by atoms with van der Waals surface area (Å²) in [7, 11) is 0. The molecule has 0 aromatic carbocycles. The molecule has 0 aliphatic carbocycles. The van der Waals surface area contributed by atoms with Gasteiger partial charge in [-0.3, -0.25) is 0 Å². The monoisotopic (exact) mass is 181 g/mol. The first-order valence-electron chi connectivity index (χ1n) is 4.64. The van der Waals surface area contributed by atoms with Crippen LogP contribution in [0.15, 0.2) is 22.8 Å². The number of furan rings is 1. The van der Waals surface area contributed by atoms with Gasteiger partial charge in [-0.2, -0.15) is 0 Å². The molecule has 1 rings (SSSR count). The molecule has 0 unspecified atom stereocenters. The molecule has 13 heavy (non-hydrogen) atoms. The van der Waals surface area contributed by atoms with E-state index in [1.54, 1.807) is 6.26 Å². The third-order valence-electron chi connectivity index (χ3n) is 2.09. The summed E-state index contributed by atoms with van der Waals surface area (Å²) in [4.78, 5) is 0. The van der Waals surface area contributed by atoms with E-state index in [-0.39, 0.29) is 11.0 Å². The molecular weight excluding hydrogens is 162 g/mol. The first kappa shape index (κ1) is 10.3. The summed E-state index contributed by atoms with van der Waals surface area (Å²) in [6.45, 7) is 8.39. The molecule has 0 atom stereocenters. The zero-order valence-corrected chi connectivity index (χ0v) is 8.92. The minimum atomic E-state index is -0.156. The molecule has 2 heteroatoms. The topological polar surface area (TPSA) is 39.2 Å². The van der Waals surface area contributed by atoms with Gasteiger partial charge in [0.15, 0.2) is 0 Å². The van der Waals surface area contributed by atoms with Crippen LogP contribution in [-0.4, -0.2) is 5.54 Å². The lowest BCUT2D eigenvalue weighted by Crippen LogP contribution is -2.38. The maximum absolute atomic E-state index is 5.99. The number of rotatable bonds is 3. The second kappa shape index (κ2) is 3.18. The molecule has 1 heterocycles. The third kappa shape index (κ3) is 2.88. The van der Waals surface area contributed by atoms with E-state index in [0.29, 0.717) is 0 Å². The van der Waals surface area contributed by atoms with Crippen LogP contribution in [0.3, 0.4) is 0 Å². The molecule has 0 aliphatic rings. The summed E-state index contributed by atoms with van der Waals surface area (Å²) >= 11 is 0. The van der Waals surface area contributed by atoms with Crippen LogP contribution in [0.4, 0.5) is 0 Å². The van der Waals surface area contributed by atoms with E-state index < -0.39 is 0 Å². The molecule has 0 saturated carbocycles. The van der Waals surface area contributed by atoms with E-state index in [1.807, 2.05) is 26.0 Å². The molecule has 0 fully saturated rings. The normalized spacial score (nSPS) is 13.3. The molecule has 1 aromatic heterocycles. The lowest BCUT2D eigenvalue weighted by molar-refractivity contribution is 0.299. The van der Waals surface area contributed by atoms with E-state index in [4.69, 9.17) is 10.2 Å². The highest BCUT2D eigenvalue weighted by atomic mass is 16.3. The fourth-order valence-electron chi connectivity index (χ4n) is 1.89. The molecule has 2 nitrogen and oxygen atoms in total. The number of hydrogen-bond acceptors (Lipinski definition) is 2. The van der Waals surface area contributed by atoms with Gasteiger partial charge in [-0.1, -0.05) is 13.8 Å². The average Bonchev–Trinajstić information content (AvgIpc) is 2.29. The van der Waals surface area contributed by atoms with Crippen molar-refractivity contribution in [1.82, 2.24) is 0 Å². The van der Waals surface area contributed by atoms with Gasteiger partial charge in [0.1, 0.15) is 5.76 Å². The number of nitrogens with two attached hydrogens (primary N) is 1. The van der Waals surface area contributed by atoms with Crippen LogP contribution in [0, 0.1) is 0 Å². The summed E-state index contributed by atoms with van der Waals surface area (Å²) in [6, 6.07) is 3.92. The van der Waals surface area contributed by atoms with Gasteiger partial charge < -0.3 is 10.2 Å². The van der Waals surface area contributed by atoms with Gasteiger partial charge in [-0.15, -0.1) is 0 Å². The maximum atomic E-state index is 5.99. The Balaban J connectivity index is 2.78. The van der Waals surface area contributed by atoms with Crippen molar-refractivity contribution in [3.63, 3.8) is 0 Å². The lowest BCUT2D eigenvalue weighted by Gasteiger charge is -2.30.